The summed E-state index contributed by atoms with van der Waals surface area (Å²) in [6.45, 7) is 5.84. The maximum Gasteiger partial charge on any atom is 0.222 e. The molecule has 2 N–H and O–H groups in total. The molecule has 0 aromatic carbocycles. The van der Waals surface area contributed by atoms with Gasteiger partial charge in [-0.3, -0.25) is 9.78 Å². The number of likely N-dealkylation sites (tertiary alicyclic amines) is 1. The van der Waals surface area contributed by atoms with E-state index >= 15 is 0 Å². The van der Waals surface area contributed by atoms with E-state index in [2.05, 4.69) is 18.8 Å². The molecule has 1 fully saturated rings. The number of nitrogens with two attached hydrogens (primary N) is 1. The highest BCUT2D eigenvalue weighted by Crippen LogP contribution is 2.28. The average Bonchev–Trinajstić information content (AvgIpc) is 2.40. The molecular formula is C15H23N3O. The molecule has 4 nitrogen and oxygen atoms in total. The Morgan fingerprint density at radius 1 is 1.47 bits per heavy atom. The summed E-state index contributed by atoms with van der Waals surface area (Å²) in [5, 5.41) is 0. The van der Waals surface area contributed by atoms with E-state index in [1.807, 2.05) is 17.0 Å². The van der Waals surface area contributed by atoms with Crippen LogP contribution in [0.4, 0.5) is 0 Å². The number of piperidine rings is 1. The van der Waals surface area contributed by atoms with Crippen LogP contribution in [0.5, 0.6) is 0 Å². The molecule has 2 heterocycles. The fourth-order valence-electron chi connectivity index (χ4n) is 2.55. The van der Waals surface area contributed by atoms with Crippen molar-refractivity contribution in [2.24, 2.45) is 11.1 Å². The van der Waals surface area contributed by atoms with Gasteiger partial charge in [-0.15, -0.1) is 0 Å². The minimum atomic E-state index is 0.0184. The number of amides is 1. The van der Waals surface area contributed by atoms with E-state index in [-0.39, 0.29) is 17.4 Å². The Kier molecular flexibility index (Phi) is 4.20. The molecule has 104 valence electrons. The zero-order valence-electron chi connectivity index (χ0n) is 11.8. The molecule has 0 aliphatic carbocycles. The van der Waals surface area contributed by atoms with Gasteiger partial charge in [0, 0.05) is 37.9 Å². The molecule has 4 heteroatoms. The molecule has 0 spiro atoms. The molecule has 1 amide bonds. The summed E-state index contributed by atoms with van der Waals surface area (Å²) in [7, 11) is 0. The van der Waals surface area contributed by atoms with E-state index in [4.69, 9.17) is 5.73 Å². The number of pyridine rings is 1. The predicted molar refractivity (Wildman–Crippen MR) is 75.5 cm³/mol. The van der Waals surface area contributed by atoms with Crippen LogP contribution >= 0.6 is 0 Å². The van der Waals surface area contributed by atoms with E-state index < -0.39 is 0 Å². The number of nitrogens with zero attached hydrogens (tertiary/aromatic N) is 2. The molecule has 1 saturated heterocycles. The first-order valence-electron chi connectivity index (χ1n) is 6.91. The minimum Gasteiger partial charge on any atom is -0.342 e. The third-order valence-corrected chi connectivity index (χ3v) is 4.04. The van der Waals surface area contributed by atoms with Gasteiger partial charge in [-0.2, -0.15) is 0 Å². The predicted octanol–water partition coefficient (Wildman–Crippen LogP) is 1.60. The first-order chi connectivity index (χ1) is 8.99. The lowest BCUT2D eigenvalue weighted by Crippen LogP contribution is -2.54. The largest absolute Gasteiger partial charge is 0.342 e. The monoisotopic (exact) mass is 261 g/mol. The summed E-state index contributed by atoms with van der Waals surface area (Å²) >= 11 is 0. The molecule has 1 atom stereocenters. The van der Waals surface area contributed by atoms with Crippen LogP contribution in [0.1, 0.15) is 32.3 Å². The summed E-state index contributed by atoms with van der Waals surface area (Å²) < 4.78 is 0. The van der Waals surface area contributed by atoms with Gasteiger partial charge in [0.15, 0.2) is 0 Å². The van der Waals surface area contributed by atoms with Gasteiger partial charge in [0.2, 0.25) is 5.91 Å². The standard InChI is InChI=1S/C15H23N3O/c1-15(2)11-18(10-7-13(15)16)14(19)4-3-12-5-8-17-9-6-12/h5-6,8-9,13H,3-4,7,10-11,16H2,1-2H3. The molecule has 2 rings (SSSR count). The van der Waals surface area contributed by atoms with Crippen LogP contribution in [0, 0.1) is 5.41 Å². The number of rotatable bonds is 3. The van der Waals surface area contributed by atoms with Crippen molar-refractivity contribution in [3.8, 4) is 0 Å². The summed E-state index contributed by atoms with van der Waals surface area (Å²) in [5.41, 5.74) is 7.28. The Morgan fingerprint density at radius 3 is 2.79 bits per heavy atom. The van der Waals surface area contributed by atoms with Crippen molar-refractivity contribution >= 4 is 5.91 Å². The Labute approximate surface area is 115 Å². The van der Waals surface area contributed by atoms with Crippen molar-refractivity contribution in [1.29, 1.82) is 0 Å². The summed E-state index contributed by atoms with van der Waals surface area (Å²) in [4.78, 5) is 18.2. The second-order valence-electron chi connectivity index (χ2n) is 6.05. The molecule has 1 unspecified atom stereocenters. The van der Waals surface area contributed by atoms with Crippen LogP contribution in [-0.2, 0) is 11.2 Å². The van der Waals surface area contributed by atoms with Crippen LogP contribution in [-0.4, -0.2) is 34.9 Å². The Morgan fingerprint density at radius 2 is 2.16 bits per heavy atom. The van der Waals surface area contributed by atoms with Crippen molar-refractivity contribution in [3.05, 3.63) is 30.1 Å². The quantitative estimate of drug-likeness (QED) is 0.899. The third-order valence-electron chi connectivity index (χ3n) is 4.04. The van der Waals surface area contributed by atoms with Crippen molar-refractivity contribution in [3.63, 3.8) is 0 Å². The molecule has 0 radical (unpaired) electrons. The highest BCUT2D eigenvalue weighted by Gasteiger charge is 2.34. The highest BCUT2D eigenvalue weighted by molar-refractivity contribution is 5.76. The Hall–Kier alpha value is -1.42. The fraction of sp³-hybridized carbons (Fsp3) is 0.600. The number of aryl methyl sites for hydroxylation is 1. The van der Waals surface area contributed by atoms with Crippen LogP contribution in [0.3, 0.4) is 0 Å². The van der Waals surface area contributed by atoms with Crippen LogP contribution in [0.2, 0.25) is 0 Å². The zero-order chi connectivity index (χ0) is 13.9. The summed E-state index contributed by atoms with van der Waals surface area (Å²) in [6, 6.07) is 4.11. The number of carbonyl (C=O) groups excluding carboxylic acids is 1. The fourth-order valence-corrected chi connectivity index (χ4v) is 2.55. The van der Waals surface area contributed by atoms with Crippen molar-refractivity contribution < 1.29 is 4.79 Å². The van der Waals surface area contributed by atoms with E-state index in [0.29, 0.717) is 6.42 Å². The van der Waals surface area contributed by atoms with Crippen LogP contribution < -0.4 is 5.73 Å². The maximum atomic E-state index is 12.2. The molecular weight excluding hydrogens is 238 g/mol. The van der Waals surface area contributed by atoms with E-state index in [1.165, 1.54) is 0 Å². The first-order valence-corrected chi connectivity index (χ1v) is 6.91. The lowest BCUT2D eigenvalue weighted by Gasteiger charge is -2.42. The van der Waals surface area contributed by atoms with Crippen molar-refractivity contribution in [1.82, 2.24) is 9.88 Å². The van der Waals surface area contributed by atoms with Gasteiger partial charge in [0.1, 0.15) is 0 Å². The molecule has 1 aromatic heterocycles. The van der Waals surface area contributed by atoms with E-state index in [9.17, 15) is 4.79 Å². The Bertz CT molecular complexity index is 430. The van der Waals surface area contributed by atoms with Gasteiger partial charge in [-0.25, -0.2) is 0 Å². The molecule has 0 saturated carbocycles. The number of aromatic nitrogens is 1. The van der Waals surface area contributed by atoms with Crippen LogP contribution in [0.15, 0.2) is 24.5 Å². The van der Waals surface area contributed by atoms with Gasteiger partial charge < -0.3 is 10.6 Å². The molecule has 1 aromatic rings. The SMILES string of the molecule is CC1(C)CN(C(=O)CCc2ccncc2)CCC1N. The maximum absolute atomic E-state index is 12.2. The summed E-state index contributed by atoms with van der Waals surface area (Å²) in [5.74, 6) is 0.233. The molecule has 1 aliphatic rings. The molecule has 19 heavy (non-hydrogen) atoms. The number of carbonyl (C=O) groups is 1. The van der Waals surface area contributed by atoms with E-state index in [1.54, 1.807) is 12.4 Å². The first kappa shape index (κ1) is 14.0. The van der Waals surface area contributed by atoms with Gasteiger partial charge in [0.25, 0.3) is 0 Å². The molecule has 1 aliphatic heterocycles. The number of hydrogen-bond acceptors (Lipinski definition) is 3. The number of hydrogen-bond donors (Lipinski definition) is 1. The van der Waals surface area contributed by atoms with Gasteiger partial charge in [-0.1, -0.05) is 13.8 Å². The van der Waals surface area contributed by atoms with Crippen LogP contribution in [0.25, 0.3) is 0 Å². The van der Waals surface area contributed by atoms with Crippen molar-refractivity contribution in [2.75, 3.05) is 13.1 Å². The van der Waals surface area contributed by atoms with Gasteiger partial charge in [0.05, 0.1) is 0 Å². The van der Waals surface area contributed by atoms with Crippen molar-refractivity contribution in [2.45, 2.75) is 39.2 Å². The summed E-state index contributed by atoms with van der Waals surface area (Å²) in [6.07, 6.45) is 5.78. The molecule has 0 bridgehead atoms. The normalized spacial score (nSPS) is 22.3. The third kappa shape index (κ3) is 3.53. The highest BCUT2D eigenvalue weighted by atomic mass is 16.2. The second kappa shape index (κ2) is 5.70. The lowest BCUT2D eigenvalue weighted by molar-refractivity contribution is -0.134. The minimum absolute atomic E-state index is 0.0184. The zero-order valence-corrected chi connectivity index (χ0v) is 11.8. The van der Waals surface area contributed by atoms with Gasteiger partial charge >= 0.3 is 0 Å². The second-order valence-corrected chi connectivity index (χ2v) is 6.05. The lowest BCUT2D eigenvalue weighted by atomic mass is 9.79. The average molecular weight is 261 g/mol. The Balaban J connectivity index is 1.87. The smallest absolute Gasteiger partial charge is 0.222 e. The van der Waals surface area contributed by atoms with E-state index in [0.717, 1.165) is 31.5 Å². The van der Waals surface area contributed by atoms with Gasteiger partial charge in [-0.05, 0) is 36.0 Å². The topological polar surface area (TPSA) is 59.2 Å².